The Hall–Kier alpha value is -2.76. The fraction of sp³-hybridized carbons (Fsp3) is 0.0345. The molecule has 30 heavy (non-hydrogen) atoms. The summed E-state index contributed by atoms with van der Waals surface area (Å²) in [7, 11) is 0. The Bertz CT molecular complexity index is 1200. The summed E-state index contributed by atoms with van der Waals surface area (Å²) < 4.78 is 1.50. The van der Waals surface area contributed by atoms with Crippen LogP contribution in [0.1, 0.15) is 28.2 Å². The maximum atomic E-state index is 2.27. The summed E-state index contributed by atoms with van der Waals surface area (Å²) in [6.07, 6.45) is 0. The standard InChI is InChI=1S/C29H21.Zr/c1-5-13-22(14-6-1)26-21-27(23-15-7-2-8-16-23)29(25-19-11-4-12-20-25)28(26)24-17-9-3-10-18-24;/h1-20,26H;. The van der Waals surface area contributed by atoms with Crippen LogP contribution in [0.3, 0.4) is 0 Å². The zero-order valence-electron chi connectivity index (χ0n) is 16.6. The summed E-state index contributed by atoms with van der Waals surface area (Å²) in [4.78, 5) is 0. The summed E-state index contributed by atoms with van der Waals surface area (Å²) in [5.74, 6) is 0.275. The Labute approximate surface area is 193 Å². The minimum absolute atomic E-state index is 0.275. The van der Waals surface area contributed by atoms with Crippen LogP contribution in [0.15, 0.2) is 125 Å². The van der Waals surface area contributed by atoms with E-state index in [1.807, 2.05) is 0 Å². The van der Waals surface area contributed by atoms with E-state index in [1.54, 1.807) is 0 Å². The fourth-order valence-electron chi connectivity index (χ4n) is 4.42. The van der Waals surface area contributed by atoms with Crippen LogP contribution in [-0.4, -0.2) is 0 Å². The molecule has 0 radical (unpaired) electrons. The van der Waals surface area contributed by atoms with Gasteiger partial charge in [0.15, 0.2) is 0 Å². The SMILES string of the molecule is [Zr][C]1=C(c2ccccc2)C(c2ccccc2)=C(c2ccccc2)C1c1ccccc1. The molecule has 0 heterocycles. The van der Waals surface area contributed by atoms with Gasteiger partial charge in [-0.3, -0.25) is 0 Å². The van der Waals surface area contributed by atoms with Gasteiger partial charge in [0, 0.05) is 0 Å². The average Bonchev–Trinajstić information content (AvgIpc) is 3.14. The van der Waals surface area contributed by atoms with Crippen LogP contribution in [0, 0.1) is 0 Å². The van der Waals surface area contributed by atoms with E-state index >= 15 is 0 Å². The second-order valence-corrected chi connectivity index (χ2v) is 8.84. The van der Waals surface area contributed by atoms with Crippen molar-refractivity contribution in [3.8, 4) is 0 Å². The van der Waals surface area contributed by atoms with E-state index in [1.165, 1.54) is 67.0 Å². The molecule has 1 aliphatic carbocycles. The Morgan fingerprint density at radius 1 is 0.433 bits per heavy atom. The van der Waals surface area contributed by atoms with Crippen LogP contribution >= 0.6 is 0 Å². The zero-order chi connectivity index (χ0) is 20.3. The third-order valence-electron chi connectivity index (χ3n) is 5.71. The van der Waals surface area contributed by atoms with Gasteiger partial charge in [-0.2, -0.15) is 0 Å². The number of allylic oxidation sites excluding steroid dienone is 4. The normalized spacial score (nSPS) is 16.2. The fourth-order valence-corrected chi connectivity index (χ4v) is 5.85. The van der Waals surface area contributed by atoms with E-state index in [2.05, 4.69) is 121 Å². The van der Waals surface area contributed by atoms with E-state index in [9.17, 15) is 0 Å². The topological polar surface area (TPSA) is 0 Å². The molecule has 0 aliphatic heterocycles. The van der Waals surface area contributed by atoms with Crippen molar-refractivity contribution < 1.29 is 24.7 Å². The van der Waals surface area contributed by atoms with Crippen LogP contribution in [0.2, 0.25) is 0 Å². The molecule has 0 aromatic heterocycles. The molecular formula is C29H21Zr. The van der Waals surface area contributed by atoms with Crippen molar-refractivity contribution in [1.82, 2.24) is 0 Å². The molecule has 0 fully saturated rings. The summed E-state index contributed by atoms with van der Waals surface area (Å²) >= 11 is 1.46. The number of hydrogen-bond acceptors (Lipinski definition) is 0. The molecule has 0 saturated heterocycles. The van der Waals surface area contributed by atoms with Crippen LogP contribution < -0.4 is 0 Å². The second kappa shape index (κ2) is 8.54. The molecule has 0 bridgehead atoms. The van der Waals surface area contributed by atoms with E-state index in [0.717, 1.165) is 0 Å². The van der Waals surface area contributed by atoms with Crippen LogP contribution in [-0.2, 0) is 24.7 Å². The Morgan fingerprint density at radius 2 is 0.833 bits per heavy atom. The first kappa shape index (κ1) is 19.2. The molecule has 0 nitrogen and oxygen atoms in total. The van der Waals surface area contributed by atoms with Crippen LogP contribution in [0.4, 0.5) is 0 Å². The molecule has 4 aromatic carbocycles. The Morgan fingerprint density at radius 3 is 1.33 bits per heavy atom. The molecule has 1 atom stereocenters. The van der Waals surface area contributed by atoms with Crippen molar-refractivity contribution in [3.05, 3.63) is 147 Å². The van der Waals surface area contributed by atoms with Crippen molar-refractivity contribution in [3.63, 3.8) is 0 Å². The first-order chi connectivity index (χ1) is 14.8. The average molecular weight is 461 g/mol. The number of hydrogen-bond donors (Lipinski definition) is 0. The molecule has 141 valence electrons. The quantitative estimate of drug-likeness (QED) is 0.299. The Kier molecular flexibility index (Phi) is 5.47. The van der Waals surface area contributed by atoms with Crippen molar-refractivity contribution in [2.45, 2.75) is 5.92 Å². The van der Waals surface area contributed by atoms with E-state index in [0.29, 0.717) is 0 Å². The monoisotopic (exact) mass is 459 g/mol. The Balaban J connectivity index is 1.86. The van der Waals surface area contributed by atoms with Crippen LogP contribution in [0.5, 0.6) is 0 Å². The van der Waals surface area contributed by atoms with Gasteiger partial charge in [-0.15, -0.1) is 0 Å². The van der Waals surface area contributed by atoms with E-state index in [4.69, 9.17) is 0 Å². The first-order valence-electron chi connectivity index (χ1n) is 10.3. The number of benzene rings is 4. The van der Waals surface area contributed by atoms with Gasteiger partial charge in [0.25, 0.3) is 0 Å². The van der Waals surface area contributed by atoms with Crippen molar-refractivity contribution in [2.24, 2.45) is 0 Å². The molecule has 0 spiro atoms. The van der Waals surface area contributed by atoms with Gasteiger partial charge in [0.05, 0.1) is 0 Å². The van der Waals surface area contributed by atoms with Gasteiger partial charge in [0.2, 0.25) is 0 Å². The minimum atomic E-state index is 0.275. The summed E-state index contributed by atoms with van der Waals surface area (Å²) in [6, 6.07) is 43.6. The van der Waals surface area contributed by atoms with Gasteiger partial charge in [0.1, 0.15) is 0 Å². The summed E-state index contributed by atoms with van der Waals surface area (Å²) in [5.41, 5.74) is 9.43. The second-order valence-electron chi connectivity index (χ2n) is 7.52. The van der Waals surface area contributed by atoms with E-state index in [-0.39, 0.29) is 5.92 Å². The third kappa shape index (κ3) is 3.49. The predicted molar refractivity (Wildman–Crippen MR) is 122 cm³/mol. The van der Waals surface area contributed by atoms with Crippen molar-refractivity contribution in [2.75, 3.05) is 0 Å². The van der Waals surface area contributed by atoms with Crippen molar-refractivity contribution >= 4 is 16.7 Å². The zero-order valence-corrected chi connectivity index (χ0v) is 19.1. The first-order valence-corrected chi connectivity index (χ1v) is 11.5. The predicted octanol–water partition coefficient (Wildman–Crippen LogP) is 7.35. The van der Waals surface area contributed by atoms with Gasteiger partial charge in [-0.1, -0.05) is 0 Å². The molecule has 1 aliphatic rings. The molecule has 5 rings (SSSR count). The molecule has 0 saturated carbocycles. The molecule has 1 unspecified atom stereocenters. The molecule has 0 N–H and O–H groups in total. The molecule has 1 heteroatoms. The van der Waals surface area contributed by atoms with E-state index < -0.39 is 0 Å². The van der Waals surface area contributed by atoms with Crippen LogP contribution in [0.25, 0.3) is 16.7 Å². The van der Waals surface area contributed by atoms with Gasteiger partial charge < -0.3 is 0 Å². The van der Waals surface area contributed by atoms with Crippen molar-refractivity contribution in [1.29, 1.82) is 0 Å². The third-order valence-corrected chi connectivity index (χ3v) is 7.03. The van der Waals surface area contributed by atoms with Gasteiger partial charge >= 0.3 is 194 Å². The summed E-state index contributed by atoms with van der Waals surface area (Å²) in [6.45, 7) is 0. The molecule has 4 aromatic rings. The maximum absolute atomic E-state index is 2.27. The molecular weight excluding hydrogens is 440 g/mol. The number of rotatable bonds is 4. The summed E-state index contributed by atoms with van der Waals surface area (Å²) in [5, 5.41) is 0. The van der Waals surface area contributed by atoms with Gasteiger partial charge in [-0.05, 0) is 0 Å². The van der Waals surface area contributed by atoms with Gasteiger partial charge in [-0.25, -0.2) is 0 Å². The molecule has 0 amide bonds.